The molecule has 1 aromatic heterocycles. The first-order valence-electron chi connectivity index (χ1n) is 6.18. The number of nitrogens with one attached hydrogen (secondary N) is 1. The number of halogens is 1. The molecule has 0 bridgehead atoms. The Morgan fingerprint density at radius 3 is 3.06 bits per heavy atom. The van der Waals surface area contributed by atoms with Crippen molar-refractivity contribution in [2.24, 2.45) is 0 Å². The van der Waals surface area contributed by atoms with Gasteiger partial charge in [0, 0.05) is 6.07 Å². The molecule has 0 aliphatic carbocycles. The minimum atomic E-state index is -0.315. The van der Waals surface area contributed by atoms with Crippen LogP contribution in [0.2, 0.25) is 0 Å². The van der Waals surface area contributed by atoms with Crippen molar-refractivity contribution < 1.29 is 13.5 Å². The molecular formula is C13H15FN2O2. The Bertz CT molecular complexity index is 535. The Kier molecular flexibility index (Phi) is 3.25. The third kappa shape index (κ3) is 2.52. The van der Waals surface area contributed by atoms with Crippen molar-refractivity contribution in [2.75, 3.05) is 13.1 Å². The van der Waals surface area contributed by atoms with Gasteiger partial charge in [-0.2, -0.15) is 0 Å². The number of piperidine rings is 1. The molecule has 1 aromatic carbocycles. The van der Waals surface area contributed by atoms with Crippen molar-refractivity contribution >= 4 is 11.1 Å². The number of aromatic nitrogens is 1. The van der Waals surface area contributed by atoms with Crippen molar-refractivity contribution in [3.63, 3.8) is 0 Å². The Balaban J connectivity index is 1.67. The number of nitrogens with zero attached hydrogens (tertiary/aromatic N) is 1. The molecule has 0 saturated carbocycles. The van der Waals surface area contributed by atoms with Crippen LogP contribution in [-0.4, -0.2) is 24.2 Å². The highest BCUT2D eigenvalue weighted by Gasteiger charge is 2.15. The maximum atomic E-state index is 13.0. The fraction of sp³-hybridized carbons (Fsp3) is 0.462. The van der Waals surface area contributed by atoms with Crippen LogP contribution in [0.1, 0.15) is 18.7 Å². The fourth-order valence-electron chi connectivity index (χ4n) is 2.16. The Labute approximate surface area is 104 Å². The van der Waals surface area contributed by atoms with Crippen LogP contribution in [0.5, 0.6) is 0 Å². The van der Waals surface area contributed by atoms with E-state index in [1.165, 1.54) is 12.1 Å². The average Bonchev–Trinajstić information content (AvgIpc) is 2.79. The minimum absolute atomic E-state index is 0.262. The third-order valence-electron chi connectivity index (χ3n) is 3.12. The molecule has 1 saturated heterocycles. The second-order valence-electron chi connectivity index (χ2n) is 4.48. The van der Waals surface area contributed by atoms with Crippen LogP contribution in [0.4, 0.5) is 4.39 Å². The van der Waals surface area contributed by atoms with Gasteiger partial charge in [0.05, 0.1) is 6.10 Å². The molecule has 4 nitrogen and oxygen atoms in total. The molecular weight excluding hydrogens is 235 g/mol. The van der Waals surface area contributed by atoms with Crippen LogP contribution in [0.15, 0.2) is 22.6 Å². The van der Waals surface area contributed by atoms with E-state index in [0.29, 0.717) is 23.6 Å². The molecule has 1 fully saturated rings. The summed E-state index contributed by atoms with van der Waals surface area (Å²) in [6.45, 7) is 2.33. The zero-order chi connectivity index (χ0) is 12.4. The Morgan fingerprint density at radius 1 is 1.39 bits per heavy atom. The van der Waals surface area contributed by atoms with Crippen LogP contribution < -0.4 is 5.32 Å². The van der Waals surface area contributed by atoms with Crippen LogP contribution in [0.3, 0.4) is 0 Å². The lowest BCUT2D eigenvalue weighted by molar-refractivity contribution is 0.0113. The predicted octanol–water partition coefficient (Wildman–Crippen LogP) is 2.24. The van der Waals surface area contributed by atoms with E-state index < -0.39 is 0 Å². The van der Waals surface area contributed by atoms with Crippen LogP contribution >= 0.6 is 0 Å². The molecule has 2 heterocycles. The lowest BCUT2D eigenvalue weighted by Gasteiger charge is -2.22. The molecule has 18 heavy (non-hydrogen) atoms. The lowest BCUT2D eigenvalue weighted by atomic mass is 10.1. The van der Waals surface area contributed by atoms with Crippen LogP contribution in [-0.2, 0) is 11.3 Å². The van der Waals surface area contributed by atoms with Crippen LogP contribution in [0, 0.1) is 5.82 Å². The van der Waals surface area contributed by atoms with Gasteiger partial charge in [0.25, 0.3) is 0 Å². The maximum absolute atomic E-state index is 13.0. The van der Waals surface area contributed by atoms with Gasteiger partial charge in [-0.25, -0.2) is 9.37 Å². The first kappa shape index (κ1) is 11.6. The SMILES string of the molecule is Fc1ccc2nc(COC3CCNCC3)oc2c1. The van der Waals surface area contributed by atoms with Gasteiger partial charge in [0.2, 0.25) is 5.89 Å². The van der Waals surface area contributed by atoms with E-state index in [9.17, 15) is 4.39 Å². The zero-order valence-electron chi connectivity index (χ0n) is 9.99. The van der Waals surface area contributed by atoms with E-state index in [2.05, 4.69) is 10.3 Å². The first-order chi connectivity index (χ1) is 8.81. The molecule has 5 heteroatoms. The molecule has 96 valence electrons. The quantitative estimate of drug-likeness (QED) is 0.907. The summed E-state index contributed by atoms with van der Waals surface area (Å²) in [5, 5.41) is 3.28. The number of rotatable bonds is 3. The molecule has 0 spiro atoms. The van der Waals surface area contributed by atoms with Gasteiger partial charge in [-0.1, -0.05) is 0 Å². The number of benzene rings is 1. The molecule has 1 N–H and O–H groups in total. The second kappa shape index (κ2) is 5.04. The van der Waals surface area contributed by atoms with Gasteiger partial charge < -0.3 is 14.5 Å². The second-order valence-corrected chi connectivity index (χ2v) is 4.48. The maximum Gasteiger partial charge on any atom is 0.221 e. The van der Waals surface area contributed by atoms with Gasteiger partial charge in [0.15, 0.2) is 5.58 Å². The van der Waals surface area contributed by atoms with Crippen molar-refractivity contribution in [2.45, 2.75) is 25.6 Å². The van der Waals surface area contributed by atoms with Crippen LogP contribution in [0.25, 0.3) is 11.1 Å². The van der Waals surface area contributed by atoms with Gasteiger partial charge >= 0.3 is 0 Å². The van der Waals surface area contributed by atoms with E-state index in [1.54, 1.807) is 6.07 Å². The first-order valence-corrected chi connectivity index (χ1v) is 6.18. The van der Waals surface area contributed by atoms with E-state index in [1.807, 2.05) is 0 Å². The molecule has 0 radical (unpaired) electrons. The van der Waals surface area contributed by atoms with Gasteiger partial charge in [-0.15, -0.1) is 0 Å². The Morgan fingerprint density at radius 2 is 2.22 bits per heavy atom. The van der Waals surface area contributed by atoms with E-state index >= 15 is 0 Å². The molecule has 1 aliphatic heterocycles. The van der Waals surface area contributed by atoms with E-state index in [-0.39, 0.29) is 11.9 Å². The fourth-order valence-corrected chi connectivity index (χ4v) is 2.16. The predicted molar refractivity (Wildman–Crippen MR) is 64.6 cm³/mol. The number of ether oxygens (including phenoxy) is 1. The number of fused-ring (bicyclic) bond motifs is 1. The van der Waals surface area contributed by atoms with E-state index in [0.717, 1.165) is 25.9 Å². The van der Waals surface area contributed by atoms with E-state index in [4.69, 9.17) is 9.15 Å². The largest absolute Gasteiger partial charge is 0.438 e. The number of hydrogen-bond donors (Lipinski definition) is 1. The summed E-state index contributed by atoms with van der Waals surface area (Å²) in [6.07, 6.45) is 2.28. The highest BCUT2D eigenvalue weighted by Crippen LogP contribution is 2.18. The standard InChI is InChI=1S/C13H15FN2O2/c14-9-1-2-11-12(7-9)18-13(16-11)8-17-10-3-5-15-6-4-10/h1-2,7,10,15H,3-6,8H2. The average molecular weight is 250 g/mol. The number of hydrogen-bond acceptors (Lipinski definition) is 4. The third-order valence-corrected chi connectivity index (χ3v) is 3.12. The summed E-state index contributed by atoms with van der Waals surface area (Å²) in [4.78, 5) is 4.26. The minimum Gasteiger partial charge on any atom is -0.438 e. The molecule has 1 aliphatic rings. The zero-order valence-corrected chi connectivity index (χ0v) is 9.99. The van der Waals surface area contributed by atoms with Crippen molar-refractivity contribution in [1.82, 2.24) is 10.3 Å². The Hall–Kier alpha value is -1.46. The summed E-state index contributed by atoms with van der Waals surface area (Å²) in [5.74, 6) is 0.193. The molecule has 2 aromatic rings. The van der Waals surface area contributed by atoms with Crippen molar-refractivity contribution in [1.29, 1.82) is 0 Å². The van der Waals surface area contributed by atoms with Gasteiger partial charge in [-0.05, 0) is 38.1 Å². The van der Waals surface area contributed by atoms with Crippen molar-refractivity contribution in [3.8, 4) is 0 Å². The summed E-state index contributed by atoms with van der Waals surface area (Å²) in [5.41, 5.74) is 1.14. The summed E-state index contributed by atoms with van der Waals surface area (Å²) < 4.78 is 24.2. The lowest BCUT2D eigenvalue weighted by Crippen LogP contribution is -2.32. The van der Waals surface area contributed by atoms with Gasteiger partial charge in [-0.3, -0.25) is 0 Å². The van der Waals surface area contributed by atoms with Crippen molar-refractivity contribution in [3.05, 3.63) is 29.9 Å². The highest BCUT2D eigenvalue weighted by molar-refractivity contribution is 5.72. The monoisotopic (exact) mass is 250 g/mol. The summed E-state index contributed by atoms with van der Waals surface area (Å²) >= 11 is 0. The molecule has 3 rings (SSSR count). The smallest absolute Gasteiger partial charge is 0.221 e. The van der Waals surface area contributed by atoms with Gasteiger partial charge in [0.1, 0.15) is 17.9 Å². The molecule has 0 unspecified atom stereocenters. The molecule has 0 amide bonds. The number of oxazole rings is 1. The normalized spacial score (nSPS) is 17.4. The topological polar surface area (TPSA) is 47.3 Å². The molecule has 0 atom stereocenters. The summed E-state index contributed by atoms with van der Waals surface area (Å²) in [6, 6.07) is 4.33. The highest BCUT2D eigenvalue weighted by atomic mass is 19.1. The summed E-state index contributed by atoms with van der Waals surface area (Å²) in [7, 11) is 0.